The van der Waals surface area contributed by atoms with Crippen LogP contribution in [0.15, 0.2) is 54.6 Å². The number of halogens is 1. The number of ether oxygens (including phenoxy) is 2. The molecular formula is C30H39ClN6O4. The van der Waals surface area contributed by atoms with E-state index in [1.54, 1.807) is 14.2 Å². The monoisotopic (exact) mass is 582 g/mol. The van der Waals surface area contributed by atoms with Gasteiger partial charge in [0.05, 0.1) is 14.2 Å². The van der Waals surface area contributed by atoms with Crippen molar-refractivity contribution >= 4 is 29.2 Å². The van der Waals surface area contributed by atoms with Crippen molar-refractivity contribution in [1.29, 1.82) is 0 Å². The largest absolute Gasteiger partial charge is 0.481 e. The third-order valence-corrected chi connectivity index (χ3v) is 6.75. The predicted molar refractivity (Wildman–Crippen MR) is 160 cm³/mol. The van der Waals surface area contributed by atoms with E-state index in [9.17, 15) is 9.59 Å². The van der Waals surface area contributed by atoms with E-state index in [4.69, 9.17) is 21.1 Å². The van der Waals surface area contributed by atoms with Crippen molar-refractivity contribution in [2.24, 2.45) is 0 Å². The Morgan fingerprint density at radius 1 is 0.780 bits per heavy atom. The molecule has 0 bridgehead atoms. The number of methoxy groups -OCH3 is 2. The molecular weight excluding hydrogens is 544 g/mol. The van der Waals surface area contributed by atoms with Crippen LogP contribution in [0.25, 0.3) is 0 Å². The maximum absolute atomic E-state index is 11.0. The fourth-order valence-corrected chi connectivity index (χ4v) is 4.28. The summed E-state index contributed by atoms with van der Waals surface area (Å²) >= 11 is 5.64. The molecule has 0 atom stereocenters. The van der Waals surface area contributed by atoms with Gasteiger partial charge >= 0.3 is 6.01 Å². The van der Waals surface area contributed by atoms with Gasteiger partial charge in [0.2, 0.25) is 17.7 Å². The number of amides is 2. The van der Waals surface area contributed by atoms with Crippen molar-refractivity contribution in [2.45, 2.75) is 39.4 Å². The highest BCUT2D eigenvalue weighted by Crippen LogP contribution is 2.22. The van der Waals surface area contributed by atoms with Gasteiger partial charge in [-0.3, -0.25) is 14.5 Å². The summed E-state index contributed by atoms with van der Waals surface area (Å²) in [6, 6.07) is 18.4. The lowest BCUT2D eigenvalue weighted by Crippen LogP contribution is -2.46. The number of rotatable bonds is 10. The van der Waals surface area contributed by atoms with E-state index in [2.05, 4.69) is 54.7 Å². The van der Waals surface area contributed by atoms with Crippen LogP contribution in [0, 0.1) is 0 Å². The first-order valence-electron chi connectivity index (χ1n) is 13.4. The first kappa shape index (κ1) is 31.6. The molecule has 220 valence electrons. The standard InChI is InChI=1S/C20H27N5O3.C10H12ClNO/c1-15(26)21-13-16-4-6-17(7-5-16)14-24-8-10-25(11-9-24)18-12-19(27-2)23-20(22-18)28-3;1-8(13)12-7-10-4-2-9(6-11)3-5-10/h4-7,12H,8-11,13-14H2,1-3H3,(H,21,26);2-5H,6-7H2,1H3,(H,12,13). The molecule has 1 aliphatic rings. The molecule has 10 nitrogen and oxygen atoms in total. The lowest BCUT2D eigenvalue weighted by Gasteiger charge is -2.35. The molecule has 11 heteroatoms. The van der Waals surface area contributed by atoms with Crippen LogP contribution in [0.5, 0.6) is 11.9 Å². The Morgan fingerprint density at radius 2 is 1.29 bits per heavy atom. The zero-order valence-electron chi connectivity index (χ0n) is 24.2. The maximum atomic E-state index is 11.0. The Bertz CT molecular complexity index is 1230. The Labute approximate surface area is 247 Å². The lowest BCUT2D eigenvalue weighted by molar-refractivity contribution is -0.120. The van der Waals surface area contributed by atoms with Crippen LogP contribution >= 0.6 is 11.6 Å². The lowest BCUT2D eigenvalue weighted by atomic mass is 10.1. The normalized spacial score (nSPS) is 13.0. The van der Waals surface area contributed by atoms with Gasteiger partial charge in [-0.1, -0.05) is 48.5 Å². The number of anilines is 1. The van der Waals surface area contributed by atoms with Crippen LogP contribution in [0.2, 0.25) is 0 Å². The van der Waals surface area contributed by atoms with Gasteiger partial charge < -0.3 is 25.0 Å². The molecule has 0 radical (unpaired) electrons. The highest BCUT2D eigenvalue weighted by molar-refractivity contribution is 6.17. The first-order chi connectivity index (χ1) is 19.8. The van der Waals surface area contributed by atoms with Crippen molar-refractivity contribution in [3.05, 3.63) is 76.9 Å². The number of carbonyl (C=O) groups is 2. The van der Waals surface area contributed by atoms with Gasteiger partial charge in [-0.25, -0.2) is 0 Å². The maximum Gasteiger partial charge on any atom is 0.321 e. The third kappa shape index (κ3) is 10.9. The van der Waals surface area contributed by atoms with Crippen LogP contribution in [-0.4, -0.2) is 67.1 Å². The first-order valence-corrected chi connectivity index (χ1v) is 14.0. The Hall–Kier alpha value is -3.89. The smallest absolute Gasteiger partial charge is 0.321 e. The van der Waals surface area contributed by atoms with E-state index in [1.165, 1.54) is 19.4 Å². The number of piperazine rings is 1. The molecule has 41 heavy (non-hydrogen) atoms. The Balaban J connectivity index is 0.000000298. The van der Waals surface area contributed by atoms with Gasteiger partial charge in [0.15, 0.2) is 0 Å². The Kier molecular flexibility index (Phi) is 12.6. The molecule has 1 saturated heterocycles. The Morgan fingerprint density at radius 3 is 1.76 bits per heavy atom. The molecule has 0 unspecified atom stereocenters. The quantitative estimate of drug-likeness (QED) is 0.350. The van der Waals surface area contributed by atoms with E-state index >= 15 is 0 Å². The number of aromatic nitrogens is 2. The molecule has 1 aromatic heterocycles. The average molecular weight is 583 g/mol. The number of benzene rings is 2. The molecule has 4 rings (SSSR count). The molecule has 0 saturated carbocycles. The van der Waals surface area contributed by atoms with Crippen molar-refractivity contribution in [3.8, 4) is 11.9 Å². The number of alkyl halides is 1. The number of nitrogens with zero attached hydrogens (tertiary/aromatic N) is 4. The summed E-state index contributed by atoms with van der Waals surface area (Å²) in [6.07, 6.45) is 0. The third-order valence-electron chi connectivity index (χ3n) is 6.45. The molecule has 1 fully saturated rings. The van der Waals surface area contributed by atoms with E-state index < -0.39 is 0 Å². The minimum absolute atomic E-state index is 0.0126. The molecule has 1 aliphatic heterocycles. The molecule has 0 aliphatic carbocycles. The predicted octanol–water partition coefficient (Wildman–Crippen LogP) is 3.51. The summed E-state index contributed by atoms with van der Waals surface area (Å²) in [5, 5.41) is 5.54. The summed E-state index contributed by atoms with van der Waals surface area (Å²) in [4.78, 5) is 34.8. The average Bonchev–Trinajstić information content (AvgIpc) is 3.00. The topological polar surface area (TPSA) is 109 Å². The van der Waals surface area contributed by atoms with E-state index in [0.717, 1.165) is 55.2 Å². The van der Waals surface area contributed by atoms with Crippen LogP contribution in [-0.2, 0) is 35.1 Å². The fourth-order valence-electron chi connectivity index (χ4n) is 4.11. The van der Waals surface area contributed by atoms with Gasteiger partial charge in [-0.05, 0) is 22.3 Å². The summed E-state index contributed by atoms with van der Waals surface area (Å²) in [6.45, 7) is 8.75. The molecule has 3 aromatic rings. The highest BCUT2D eigenvalue weighted by Gasteiger charge is 2.20. The zero-order chi connectivity index (χ0) is 29.6. The summed E-state index contributed by atoms with van der Waals surface area (Å²) in [7, 11) is 3.14. The second-order valence-electron chi connectivity index (χ2n) is 9.60. The van der Waals surface area contributed by atoms with Gasteiger partial charge in [0.1, 0.15) is 5.82 Å². The zero-order valence-corrected chi connectivity index (χ0v) is 24.9. The van der Waals surface area contributed by atoms with Crippen molar-refractivity contribution in [1.82, 2.24) is 25.5 Å². The second-order valence-corrected chi connectivity index (χ2v) is 9.87. The van der Waals surface area contributed by atoms with Crippen molar-refractivity contribution < 1.29 is 19.1 Å². The van der Waals surface area contributed by atoms with Gasteiger partial charge in [-0.2, -0.15) is 9.97 Å². The number of hydrogen-bond acceptors (Lipinski definition) is 8. The van der Waals surface area contributed by atoms with E-state index in [0.29, 0.717) is 30.9 Å². The highest BCUT2D eigenvalue weighted by atomic mass is 35.5. The molecule has 2 N–H and O–H groups in total. The van der Waals surface area contributed by atoms with E-state index in [1.807, 2.05) is 30.3 Å². The van der Waals surface area contributed by atoms with Gasteiger partial charge in [0, 0.05) is 71.6 Å². The number of carbonyl (C=O) groups excluding carboxylic acids is 2. The minimum atomic E-state index is -0.0131. The summed E-state index contributed by atoms with van der Waals surface area (Å²) < 4.78 is 10.4. The molecule has 2 heterocycles. The molecule has 2 aromatic carbocycles. The molecule has 0 spiro atoms. The minimum Gasteiger partial charge on any atom is -0.481 e. The number of nitrogens with one attached hydrogen (secondary N) is 2. The van der Waals surface area contributed by atoms with Gasteiger partial charge in [-0.15, -0.1) is 11.6 Å². The summed E-state index contributed by atoms with van der Waals surface area (Å²) in [5.74, 6) is 1.83. The summed E-state index contributed by atoms with van der Waals surface area (Å²) in [5.41, 5.74) is 4.55. The van der Waals surface area contributed by atoms with Crippen LogP contribution in [0.1, 0.15) is 36.1 Å². The van der Waals surface area contributed by atoms with Crippen LogP contribution < -0.4 is 25.0 Å². The van der Waals surface area contributed by atoms with E-state index in [-0.39, 0.29) is 11.8 Å². The number of hydrogen-bond donors (Lipinski definition) is 2. The van der Waals surface area contributed by atoms with Crippen LogP contribution in [0.4, 0.5) is 5.82 Å². The fraction of sp³-hybridized carbons (Fsp3) is 0.400. The van der Waals surface area contributed by atoms with Gasteiger partial charge in [0.25, 0.3) is 0 Å². The molecule has 2 amide bonds. The SMILES string of the molecule is CC(=O)NCc1ccc(CCl)cc1.COc1cc(N2CCN(Cc3ccc(CNC(C)=O)cc3)CC2)nc(OC)n1. The second kappa shape index (κ2) is 16.4. The van der Waals surface area contributed by atoms with Crippen molar-refractivity contribution in [3.63, 3.8) is 0 Å². The van der Waals surface area contributed by atoms with Crippen LogP contribution in [0.3, 0.4) is 0 Å². The van der Waals surface area contributed by atoms with Crippen molar-refractivity contribution in [2.75, 3.05) is 45.3 Å².